The second-order valence-electron chi connectivity index (χ2n) is 5.57. The fourth-order valence-corrected chi connectivity index (χ4v) is 2.41. The van der Waals surface area contributed by atoms with Gasteiger partial charge in [0.05, 0.1) is 6.04 Å². The highest BCUT2D eigenvalue weighted by atomic mass is 19.1. The first kappa shape index (κ1) is 17.1. The van der Waals surface area contributed by atoms with Gasteiger partial charge >= 0.3 is 0 Å². The van der Waals surface area contributed by atoms with E-state index in [0.717, 1.165) is 23.8 Å². The van der Waals surface area contributed by atoms with Crippen LogP contribution in [0.15, 0.2) is 48.5 Å². The van der Waals surface area contributed by atoms with Gasteiger partial charge in [-0.05, 0) is 30.7 Å². The molecule has 122 valence electrons. The molecule has 2 aromatic carbocycles. The molecule has 2 N–H and O–H groups in total. The molecular formula is C18H20F2N2O. The standard InChI is InChI=1S/C18H20F2N2O/c1-12(15-10-14(19)8-9-16(15)20)22(2)18(23)11-17(21)13-6-4-3-5-7-13/h3-10,12,17H,11,21H2,1-2H3/t12-,17+/m0/s1. The van der Waals surface area contributed by atoms with Crippen LogP contribution >= 0.6 is 0 Å². The van der Waals surface area contributed by atoms with E-state index in [2.05, 4.69) is 0 Å². The number of nitrogens with zero attached hydrogens (tertiary/aromatic N) is 1. The van der Waals surface area contributed by atoms with E-state index in [9.17, 15) is 13.6 Å². The van der Waals surface area contributed by atoms with Gasteiger partial charge in [0.1, 0.15) is 11.6 Å². The Morgan fingerprint density at radius 3 is 2.48 bits per heavy atom. The molecule has 0 aromatic heterocycles. The maximum atomic E-state index is 13.8. The van der Waals surface area contributed by atoms with Crippen molar-refractivity contribution in [3.8, 4) is 0 Å². The van der Waals surface area contributed by atoms with Gasteiger partial charge in [-0.25, -0.2) is 8.78 Å². The van der Waals surface area contributed by atoms with Crippen LogP contribution in [-0.2, 0) is 4.79 Å². The molecule has 0 aliphatic rings. The Morgan fingerprint density at radius 2 is 1.83 bits per heavy atom. The second-order valence-corrected chi connectivity index (χ2v) is 5.57. The molecule has 2 aromatic rings. The minimum absolute atomic E-state index is 0.0990. The molecule has 0 spiro atoms. The number of amides is 1. The Morgan fingerprint density at radius 1 is 1.17 bits per heavy atom. The fraction of sp³-hybridized carbons (Fsp3) is 0.278. The highest BCUT2D eigenvalue weighted by Gasteiger charge is 2.22. The number of rotatable bonds is 5. The third-order valence-corrected chi connectivity index (χ3v) is 4.00. The van der Waals surface area contributed by atoms with Gasteiger partial charge in [-0.2, -0.15) is 0 Å². The molecule has 0 unspecified atom stereocenters. The monoisotopic (exact) mass is 318 g/mol. The lowest BCUT2D eigenvalue weighted by Gasteiger charge is -2.27. The summed E-state index contributed by atoms with van der Waals surface area (Å²) in [5.41, 5.74) is 7.05. The van der Waals surface area contributed by atoms with Crippen LogP contribution in [0.2, 0.25) is 0 Å². The third kappa shape index (κ3) is 4.13. The highest BCUT2D eigenvalue weighted by Crippen LogP contribution is 2.24. The van der Waals surface area contributed by atoms with Gasteiger partial charge in [-0.1, -0.05) is 30.3 Å². The van der Waals surface area contributed by atoms with E-state index >= 15 is 0 Å². The smallest absolute Gasteiger partial charge is 0.224 e. The van der Waals surface area contributed by atoms with E-state index in [0.29, 0.717) is 0 Å². The molecule has 0 bridgehead atoms. The van der Waals surface area contributed by atoms with E-state index in [1.54, 1.807) is 14.0 Å². The van der Waals surface area contributed by atoms with Gasteiger partial charge in [0.2, 0.25) is 5.91 Å². The largest absolute Gasteiger partial charge is 0.339 e. The minimum atomic E-state index is -0.582. The van der Waals surface area contributed by atoms with Crippen molar-refractivity contribution in [2.75, 3.05) is 7.05 Å². The van der Waals surface area contributed by atoms with Crippen LogP contribution in [-0.4, -0.2) is 17.9 Å². The molecule has 5 heteroatoms. The van der Waals surface area contributed by atoms with Crippen LogP contribution in [0, 0.1) is 11.6 Å². The number of nitrogens with two attached hydrogens (primary N) is 1. The lowest BCUT2D eigenvalue weighted by atomic mass is 10.0. The number of benzene rings is 2. The first-order valence-corrected chi connectivity index (χ1v) is 7.41. The number of carbonyl (C=O) groups excluding carboxylic acids is 1. The highest BCUT2D eigenvalue weighted by molar-refractivity contribution is 5.77. The van der Waals surface area contributed by atoms with Gasteiger partial charge in [-0.3, -0.25) is 4.79 Å². The number of hydrogen-bond donors (Lipinski definition) is 1. The molecule has 0 saturated heterocycles. The van der Waals surface area contributed by atoms with Crippen molar-refractivity contribution < 1.29 is 13.6 Å². The number of carbonyl (C=O) groups is 1. The van der Waals surface area contributed by atoms with E-state index in [4.69, 9.17) is 5.73 Å². The van der Waals surface area contributed by atoms with Crippen molar-refractivity contribution in [3.05, 3.63) is 71.3 Å². The summed E-state index contributed by atoms with van der Waals surface area (Å²) in [4.78, 5) is 13.8. The van der Waals surface area contributed by atoms with Crippen LogP contribution in [0.3, 0.4) is 0 Å². The van der Waals surface area contributed by atoms with Gasteiger partial charge in [0, 0.05) is 25.1 Å². The first-order chi connectivity index (χ1) is 10.9. The quantitative estimate of drug-likeness (QED) is 0.916. The van der Waals surface area contributed by atoms with E-state index in [1.807, 2.05) is 30.3 Å². The molecule has 0 aliphatic carbocycles. The summed E-state index contributed by atoms with van der Waals surface area (Å²) < 4.78 is 27.2. The molecule has 2 rings (SSSR count). The Bertz CT molecular complexity index is 676. The summed E-state index contributed by atoms with van der Waals surface area (Å²) in [5, 5.41) is 0. The van der Waals surface area contributed by atoms with Crippen molar-refractivity contribution in [1.82, 2.24) is 4.90 Å². The molecule has 0 fully saturated rings. The van der Waals surface area contributed by atoms with Crippen LogP contribution < -0.4 is 5.73 Å². The van der Waals surface area contributed by atoms with E-state index < -0.39 is 23.7 Å². The lowest BCUT2D eigenvalue weighted by Crippen LogP contribution is -2.32. The predicted octanol–water partition coefficient (Wildman–Crippen LogP) is 3.57. The zero-order chi connectivity index (χ0) is 17.0. The van der Waals surface area contributed by atoms with Crippen molar-refractivity contribution in [3.63, 3.8) is 0 Å². The number of hydrogen-bond acceptors (Lipinski definition) is 2. The molecule has 0 heterocycles. The predicted molar refractivity (Wildman–Crippen MR) is 85.5 cm³/mol. The summed E-state index contributed by atoms with van der Waals surface area (Å²) in [7, 11) is 1.56. The van der Waals surface area contributed by atoms with Crippen LogP contribution in [0.1, 0.15) is 36.6 Å². The molecule has 0 aliphatic heterocycles. The average Bonchev–Trinajstić information content (AvgIpc) is 2.56. The van der Waals surface area contributed by atoms with E-state index in [-0.39, 0.29) is 17.9 Å². The molecule has 1 amide bonds. The summed E-state index contributed by atoms with van der Waals surface area (Å²) in [5.74, 6) is -1.29. The van der Waals surface area contributed by atoms with Gasteiger partial charge in [0.15, 0.2) is 0 Å². The topological polar surface area (TPSA) is 46.3 Å². The van der Waals surface area contributed by atoms with Crippen molar-refractivity contribution in [1.29, 1.82) is 0 Å². The second kappa shape index (κ2) is 7.33. The summed E-state index contributed by atoms with van der Waals surface area (Å²) in [6.07, 6.45) is 0.0990. The number of halogens is 2. The zero-order valence-corrected chi connectivity index (χ0v) is 13.2. The van der Waals surface area contributed by atoms with Crippen LogP contribution in [0.25, 0.3) is 0 Å². The van der Waals surface area contributed by atoms with Crippen molar-refractivity contribution in [2.45, 2.75) is 25.4 Å². The Hall–Kier alpha value is -2.27. The molecule has 0 saturated carbocycles. The maximum Gasteiger partial charge on any atom is 0.224 e. The normalized spacial score (nSPS) is 13.4. The fourth-order valence-electron chi connectivity index (χ4n) is 2.41. The molecular weight excluding hydrogens is 298 g/mol. The molecule has 2 atom stereocenters. The van der Waals surface area contributed by atoms with Crippen LogP contribution in [0.4, 0.5) is 8.78 Å². The summed E-state index contributed by atoms with van der Waals surface area (Å²) in [6, 6.07) is 11.5. The zero-order valence-electron chi connectivity index (χ0n) is 13.2. The lowest BCUT2D eigenvalue weighted by molar-refractivity contribution is -0.132. The Labute approximate surface area is 134 Å². The third-order valence-electron chi connectivity index (χ3n) is 4.00. The molecule has 3 nitrogen and oxygen atoms in total. The van der Waals surface area contributed by atoms with Crippen molar-refractivity contribution in [2.24, 2.45) is 5.73 Å². The van der Waals surface area contributed by atoms with Crippen LogP contribution in [0.5, 0.6) is 0 Å². The van der Waals surface area contributed by atoms with Crippen molar-refractivity contribution >= 4 is 5.91 Å². The van der Waals surface area contributed by atoms with Gasteiger partial charge in [0.25, 0.3) is 0 Å². The average molecular weight is 318 g/mol. The maximum absolute atomic E-state index is 13.8. The minimum Gasteiger partial charge on any atom is -0.339 e. The SMILES string of the molecule is C[C@@H](c1cc(F)ccc1F)N(C)C(=O)C[C@@H](N)c1ccccc1. The van der Waals surface area contributed by atoms with Gasteiger partial charge < -0.3 is 10.6 Å². The Balaban J connectivity index is 2.08. The molecule has 0 radical (unpaired) electrons. The first-order valence-electron chi connectivity index (χ1n) is 7.41. The van der Waals surface area contributed by atoms with Gasteiger partial charge in [-0.15, -0.1) is 0 Å². The molecule has 23 heavy (non-hydrogen) atoms. The summed E-state index contributed by atoms with van der Waals surface area (Å²) >= 11 is 0. The Kier molecular flexibility index (Phi) is 5.45. The van der Waals surface area contributed by atoms with E-state index in [1.165, 1.54) is 4.90 Å². The summed E-state index contributed by atoms with van der Waals surface area (Å²) in [6.45, 7) is 1.66.